The fourth-order valence-corrected chi connectivity index (χ4v) is 2.79. The molecule has 0 aliphatic carbocycles. The van der Waals surface area contributed by atoms with Crippen molar-refractivity contribution in [2.24, 2.45) is 5.73 Å². The maximum atomic E-state index is 12.1. The van der Waals surface area contributed by atoms with Gasteiger partial charge in [-0.15, -0.1) is 0 Å². The molecule has 0 radical (unpaired) electrons. The molecule has 1 heterocycles. The van der Waals surface area contributed by atoms with Crippen molar-refractivity contribution in [3.8, 4) is 0 Å². The molecular weight excluding hydrogens is 276 g/mol. The summed E-state index contributed by atoms with van der Waals surface area (Å²) in [4.78, 5) is 0.151. The smallest absolute Gasteiger partial charge is 0.243 e. The Labute approximate surface area is 118 Å². The quantitative estimate of drug-likeness (QED) is 0.817. The lowest BCUT2D eigenvalue weighted by Gasteiger charge is -2.05. The number of benzene rings is 1. The van der Waals surface area contributed by atoms with Crippen LogP contribution in [0.3, 0.4) is 0 Å². The van der Waals surface area contributed by atoms with E-state index in [1.807, 2.05) is 31.2 Å². The van der Waals surface area contributed by atoms with Gasteiger partial charge in [0.05, 0.1) is 12.7 Å². The molecule has 108 valence electrons. The minimum absolute atomic E-state index is 0.151. The Morgan fingerprint density at radius 1 is 1.40 bits per heavy atom. The Balaban J connectivity index is 2.06. The van der Waals surface area contributed by atoms with Gasteiger partial charge in [-0.05, 0) is 12.5 Å². The molecule has 0 spiro atoms. The van der Waals surface area contributed by atoms with Gasteiger partial charge in [0.25, 0.3) is 0 Å². The van der Waals surface area contributed by atoms with Gasteiger partial charge in [-0.1, -0.05) is 29.8 Å². The minimum Gasteiger partial charge on any atom is -0.329 e. The molecule has 1 aromatic carbocycles. The number of nitrogens with one attached hydrogen (secondary N) is 1. The van der Waals surface area contributed by atoms with Crippen molar-refractivity contribution < 1.29 is 8.42 Å². The Morgan fingerprint density at radius 2 is 2.20 bits per heavy atom. The molecule has 0 amide bonds. The summed E-state index contributed by atoms with van der Waals surface area (Å²) in [6.45, 7) is 3.13. The van der Waals surface area contributed by atoms with Crippen LogP contribution in [0.4, 0.5) is 0 Å². The molecule has 2 rings (SSSR count). The molecule has 0 unspecified atom stereocenters. The van der Waals surface area contributed by atoms with E-state index in [1.165, 1.54) is 17.1 Å². The molecule has 2 aromatic rings. The predicted molar refractivity (Wildman–Crippen MR) is 76.5 cm³/mol. The number of sulfonamides is 1. The predicted octanol–water partition coefficient (Wildman–Crippen LogP) is 0.629. The molecule has 1 aromatic heterocycles. The number of rotatable bonds is 6. The van der Waals surface area contributed by atoms with Crippen LogP contribution in [0, 0.1) is 6.92 Å². The number of aromatic nitrogens is 2. The van der Waals surface area contributed by atoms with Crippen molar-refractivity contribution in [2.45, 2.75) is 24.9 Å². The second kappa shape index (κ2) is 6.17. The Hall–Kier alpha value is -1.70. The topological polar surface area (TPSA) is 90.0 Å². The second-order valence-electron chi connectivity index (χ2n) is 4.54. The van der Waals surface area contributed by atoms with E-state index in [4.69, 9.17) is 5.73 Å². The summed E-state index contributed by atoms with van der Waals surface area (Å²) in [5, 5.41) is 3.96. The SMILES string of the molecule is Cc1cccc(CNS(=O)(=O)c2cnn(CCN)c2)c1. The molecule has 7 heteroatoms. The van der Waals surface area contributed by atoms with E-state index in [0.717, 1.165) is 11.1 Å². The van der Waals surface area contributed by atoms with Gasteiger partial charge in [0.2, 0.25) is 10.0 Å². The summed E-state index contributed by atoms with van der Waals surface area (Å²) in [5.41, 5.74) is 7.42. The van der Waals surface area contributed by atoms with Crippen LogP contribution < -0.4 is 10.5 Å². The fraction of sp³-hybridized carbons (Fsp3) is 0.308. The highest BCUT2D eigenvalue weighted by atomic mass is 32.2. The zero-order chi connectivity index (χ0) is 14.6. The van der Waals surface area contributed by atoms with Crippen LogP contribution in [0.15, 0.2) is 41.6 Å². The van der Waals surface area contributed by atoms with E-state index in [1.54, 1.807) is 0 Å². The highest BCUT2D eigenvalue weighted by Gasteiger charge is 2.15. The summed E-state index contributed by atoms with van der Waals surface area (Å²) in [6, 6.07) is 7.70. The normalized spacial score (nSPS) is 11.7. The first-order valence-corrected chi connectivity index (χ1v) is 7.77. The lowest BCUT2D eigenvalue weighted by Crippen LogP contribution is -2.23. The third kappa shape index (κ3) is 3.66. The van der Waals surface area contributed by atoms with Gasteiger partial charge in [-0.2, -0.15) is 5.10 Å². The first-order valence-electron chi connectivity index (χ1n) is 6.29. The molecule has 0 saturated heterocycles. The van der Waals surface area contributed by atoms with Gasteiger partial charge in [0.1, 0.15) is 4.90 Å². The third-order valence-corrected chi connectivity index (χ3v) is 4.18. The molecule has 0 aliphatic rings. The summed E-state index contributed by atoms with van der Waals surface area (Å²) >= 11 is 0. The van der Waals surface area contributed by atoms with Crippen molar-refractivity contribution in [3.63, 3.8) is 0 Å². The van der Waals surface area contributed by atoms with Gasteiger partial charge >= 0.3 is 0 Å². The molecular formula is C13H18N4O2S. The maximum absolute atomic E-state index is 12.1. The summed E-state index contributed by atoms with van der Waals surface area (Å²) in [5.74, 6) is 0. The van der Waals surface area contributed by atoms with Crippen LogP contribution in [0.5, 0.6) is 0 Å². The number of aryl methyl sites for hydroxylation is 1. The monoisotopic (exact) mass is 294 g/mol. The van der Waals surface area contributed by atoms with E-state index in [-0.39, 0.29) is 11.4 Å². The molecule has 20 heavy (non-hydrogen) atoms. The van der Waals surface area contributed by atoms with Gasteiger partial charge in [-0.3, -0.25) is 4.68 Å². The van der Waals surface area contributed by atoms with Gasteiger partial charge in [0, 0.05) is 19.3 Å². The van der Waals surface area contributed by atoms with E-state index in [9.17, 15) is 8.42 Å². The Morgan fingerprint density at radius 3 is 2.90 bits per heavy atom. The number of nitrogens with two attached hydrogens (primary N) is 1. The molecule has 0 saturated carbocycles. The first-order chi connectivity index (χ1) is 9.51. The standard InChI is InChI=1S/C13H18N4O2S/c1-11-3-2-4-12(7-11)8-16-20(18,19)13-9-15-17(10-13)6-5-14/h2-4,7,9-10,16H,5-6,8,14H2,1H3. The van der Waals surface area contributed by atoms with E-state index < -0.39 is 10.0 Å². The van der Waals surface area contributed by atoms with E-state index in [0.29, 0.717) is 13.1 Å². The van der Waals surface area contributed by atoms with Crippen LogP contribution in [0.25, 0.3) is 0 Å². The van der Waals surface area contributed by atoms with Crippen molar-refractivity contribution in [3.05, 3.63) is 47.8 Å². The zero-order valence-corrected chi connectivity index (χ0v) is 12.1. The lowest BCUT2D eigenvalue weighted by molar-refractivity contribution is 0.580. The molecule has 0 atom stereocenters. The first kappa shape index (κ1) is 14.7. The average molecular weight is 294 g/mol. The second-order valence-corrected chi connectivity index (χ2v) is 6.31. The Bertz CT molecular complexity index is 679. The van der Waals surface area contributed by atoms with Gasteiger partial charge < -0.3 is 5.73 Å². The van der Waals surface area contributed by atoms with Crippen LogP contribution in [0.1, 0.15) is 11.1 Å². The van der Waals surface area contributed by atoms with Crippen LogP contribution in [0.2, 0.25) is 0 Å². The zero-order valence-electron chi connectivity index (χ0n) is 11.3. The highest BCUT2D eigenvalue weighted by Crippen LogP contribution is 2.09. The average Bonchev–Trinajstić information content (AvgIpc) is 2.87. The fourth-order valence-electron chi connectivity index (χ4n) is 1.82. The summed E-state index contributed by atoms with van der Waals surface area (Å²) < 4.78 is 28.3. The Kier molecular flexibility index (Phi) is 4.53. The van der Waals surface area contributed by atoms with E-state index >= 15 is 0 Å². The van der Waals surface area contributed by atoms with E-state index in [2.05, 4.69) is 9.82 Å². The number of hydrogen-bond donors (Lipinski definition) is 2. The maximum Gasteiger partial charge on any atom is 0.243 e. The van der Waals surface area contributed by atoms with Crippen LogP contribution in [-0.4, -0.2) is 24.7 Å². The largest absolute Gasteiger partial charge is 0.329 e. The van der Waals surface area contributed by atoms with Gasteiger partial charge in [-0.25, -0.2) is 13.1 Å². The van der Waals surface area contributed by atoms with Crippen molar-refractivity contribution in [2.75, 3.05) is 6.54 Å². The van der Waals surface area contributed by atoms with Crippen molar-refractivity contribution >= 4 is 10.0 Å². The molecule has 0 aliphatic heterocycles. The number of nitrogens with zero attached hydrogens (tertiary/aromatic N) is 2. The molecule has 3 N–H and O–H groups in total. The van der Waals surface area contributed by atoms with Crippen LogP contribution >= 0.6 is 0 Å². The third-order valence-electron chi connectivity index (χ3n) is 2.83. The summed E-state index contributed by atoms with van der Waals surface area (Å²) in [7, 11) is -3.54. The highest BCUT2D eigenvalue weighted by molar-refractivity contribution is 7.89. The molecule has 0 bridgehead atoms. The van der Waals surface area contributed by atoms with Crippen molar-refractivity contribution in [1.29, 1.82) is 0 Å². The number of hydrogen-bond acceptors (Lipinski definition) is 4. The summed E-state index contributed by atoms with van der Waals surface area (Å²) in [6.07, 6.45) is 2.81. The molecule has 6 nitrogen and oxygen atoms in total. The minimum atomic E-state index is -3.54. The van der Waals surface area contributed by atoms with Crippen molar-refractivity contribution in [1.82, 2.24) is 14.5 Å². The molecule has 0 fully saturated rings. The lowest BCUT2D eigenvalue weighted by atomic mass is 10.1. The van der Waals surface area contributed by atoms with Gasteiger partial charge in [0.15, 0.2) is 0 Å². The van der Waals surface area contributed by atoms with Crippen LogP contribution in [-0.2, 0) is 23.1 Å².